The van der Waals surface area contributed by atoms with Gasteiger partial charge in [-0.05, 0) is 44.5 Å². The van der Waals surface area contributed by atoms with E-state index in [2.05, 4.69) is 9.97 Å². The highest BCUT2D eigenvalue weighted by Gasteiger charge is 2.12. The average molecular weight is 258 g/mol. The predicted octanol–water partition coefficient (Wildman–Crippen LogP) is 2.65. The molecule has 0 aliphatic rings. The van der Waals surface area contributed by atoms with E-state index < -0.39 is 6.10 Å². The third kappa shape index (κ3) is 3.51. The minimum atomic E-state index is -0.718. The van der Waals surface area contributed by atoms with Gasteiger partial charge in [-0.15, -0.1) is 0 Å². The van der Waals surface area contributed by atoms with Gasteiger partial charge in [-0.25, -0.2) is 0 Å². The lowest BCUT2D eigenvalue weighted by atomic mass is 10.0. The molecule has 4 nitrogen and oxygen atoms in total. The van der Waals surface area contributed by atoms with Crippen LogP contribution in [0.25, 0.3) is 0 Å². The maximum Gasteiger partial charge on any atom is 0.138 e. The first-order valence-corrected chi connectivity index (χ1v) is 6.28. The molecule has 2 aromatic heterocycles. The third-order valence-electron chi connectivity index (χ3n) is 2.66. The number of hydrogen-bond donors (Lipinski definition) is 1. The molecule has 0 bridgehead atoms. The van der Waals surface area contributed by atoms with Crippen molar-refractivity contribution < 1.29 is 9.84 Å². The standard InChI is InChI=1S/C15H18N2O2/c1-10(2)19-14-7-13(8-16-9-14)15(18)12-4-5-17-11(3)6-12/h4-10,15,18H,1-3H3. The van der Waals surface area contributed by atoms with Crippen molar-refractivity contribution in [3.05, 3.63) is 53.6 Å². The zero-order chi connectivity index (χ0) is 13.8. The minimum absolute atomic E-state index is 0.0809. The van der Waals surface area contributed by atoms with E-state index in [0.717, 1.165) is 11.3 Å². The average Bonchev–Trinajstić information content (AvgIpc) is 2.37. The van der Waals surface area contributed by atoms with Crippen molar-refractivity contribution in [2.75, 3.05) is 0 Å². The molecule has 0 spiro atoms. The summed E-state index contributed by atoms with van der Waals surface area (Å²) in [5, 5.41) is 10.4. The number of aromatic nitrogens is 2. The Morgan fingerprint density at radius 2 is 1.95 bits per heavy atom. The summed E-state index contributed by atoms with van der Waals surface area (Å²) in [6.07, 6.45) is 4.35. The summed E-state index contributed by atoms with van der Waals surface area (Å²) < 4.78 is 5.58. The third-order valence-corrected chi connectivity index (χ3v) is 2.66. The summed E-state index contributed by atoms with van der Waals surface area (Å²) in [4.78, 5) is 8.23. The second-order valence-corrected chi connectivity index (χ2v) is 4.75. The fraction of sp³-hybridized carbons (Fsp3) is 0.333. The number of rotatable bonds is 4. The van der Waals surface area contributed by atoms with Gasteiger partial charge >= 0.3 is 0 Å². The largest absolute Gasteiger partial charge is 0.489 e. The highest BCUT2D eigenvalue weighted by molar-refractivity contribution is 5.32. The highest BCUT2D eigenvalue weighted by Crippen LogP contribution is 2.24. The molecule has 2 rings (SSSR count). The molecular weight excluding hydrogens is 240 g/mol. The molecule has 0 radical (unpaired) electrons. The second-order valence-electron chi connectivity index (χ2n) is 4.75. The fourth-order valence-corrected chi connectivity index (χ4v) is 1.85. The molecule has 4 heteroatoms. The zero-order valence-electron chi connectivity index (χ0n) is 11.4. The van der Waals surface area contributed by atoms with Crippen LogP contribution in [-0.2, 0) is 0 Å². The van der Waals surface area contributed by atoms with Crippen LogP contribution in [0.5, 0.6) is 5.75 Å². The Balaban J connectivity index is 2.26. The number of pyridine rings is 2. The minimum Gasteiger partial charge on any atom is -0.489 e. The Hall–Kier alpha value is -1.94. The number of aliphatic hydroxyl groups is 1. The summed E-state index contributed by atoms with van der Waals surface area (Å²) >= 11 is 0. The van der Waals surface area contributed by atoms with Crippen LogP contribution in [0.15, 0.2) is 36.8 Å². The molecule has 1 unspecified atom stereocenters. The van der Waals surface area contributed by atoms with E-state index in [0.29, 0.717) is 11.3 Å². The summed E-state index contributed by atoms with van der Waals surface area (Å²) in [5.74, 6) is 0.664. The first-order valence-electron chi connectivity index (χ1n) is 6.28. The first-order chi connectivity index (χ1) is 9.06. The van der Waals surface area contributed by atoms with Gasteiger partial charge in [0.2, 0.25) is 0 Å². The molecule has 0 aliphatic heterocycles. The molecule has 2 aromatic rings. The lowest BCUT2D eigenvalue weighted by molar-refractivity contribution is 0.215. The van der Waals surface area contributed by atoms with E-state index >= 15 is 0 Å². The van der Waals surface area contributed by atoms with Crippen molar-refractivity contribution in [2.24, 2.45) is 0 Å². The Kier molecular flexibility index (Phi) is 4.12. The van der Waals surface area contributed by atoms with Crippen molar-refractivity contribution in [1.82, 2.24) is 9.97 Å². The van der Waals surface area contributed by atoms with E-state index in [1.807, 2.05) is 32.9 Å². The summed E-state index contributed by atoms with van der Waals surface area (Å²) in [5.41, 5.74) is 2.39. The second kappa shape index (κ2) is 5.80. The van der Waals surface area contributed by atoms with Gasteiger partial charge in [-0.2, -0.15) is 0 Å². The van der Waals surface area contributed by atoms with E-state index in [1.165, 1.54) is 0 Å². The van der Waals surface area contributed by atoms with Gasteiger partial charge in [0.1, 0.15) is 11.9 Å². The SMILES string of the molecule is Cc1cc(C(O)c2cncc(OC(C)C)c2)ccn1. The topological polar surface area (TPSA) is 55.2 Å². The zero-order valence-corrected chi connectivity index (χ0v) is 11.4. The molecule has 0 aliphatic carbocycles. The van der Waals surface area contributed by atoms with Crippen LogP contribution in [0.3, 0.4) is 0 Å². The van der Waals surface area contributed by atoms with Crippen LogP contribution in [0.2, 0.25) is 0 Å². The van der Waals surface area contributed by atoms with Crippen LogP contribution in [0.4, 0.5) is 0 Å². The van der Waals surface area contributed by atoms with Crippen molar-refractivity contribution in [3.63, 3.8) is 0 Å². The van der Waals surface area contributed by atoms with Crippen molar-refractivity contribution in [2.45, 2.75) is 33.0 Å². The smallest absolute Gasteiger partial charge is 0.138 e. The molecule has 1 N–H and O–H groups in total. The Labute approximate surface area is 113 Å². The van der Waals surface area contributed by atoms with Gasteiger partial charge in [-0.1, -0.05) is 0 Å². The van der Waals surface area contributed by atoms with Gasteiger partial charge < -0.3 is 9.84 Å². The number of ether oxygens (including phenoxy) is 1. The number of aliphatic hydroxyl groups excluding tert-OH is 1. The highest BCUT2D eigenvalue weighted by atomic mass is 16.5. The normalized spacial score (nSPS) is 12.5. The van der Waals surface area contributed by atoms with Gasteiger partial charge in [-0.3, -0.25) is 9.97 Å². The van der Waals surface area contributed by atoms with Gasteiger partial charge in [0.25, 0.3) is 0 Å². The quantitative estimate of drug-likeness (QED) is 0.916. The van der Waals surface area contributed by atoms with E-state index in [9.17, 15) is 5.11 Å². The summed E-state index contributed by atoms with van der Waals surface area (Å²) in [6, 6.07) is 5.47. The fourth-order valence-electron chi connectivity index (χ4n) is 1.85. The molecular formula is C15H18N2O2. The molecule has 0 saturated heterocycles. The molecule has 0 aromatic carbocycles. The monoisotopic (exact) mass is 258 g/mol. The van der Waals surface area contributed by atoms with E-state index in [1.54, 1.807) is 24.7 Å². The maximum absolute atomic E-state index is 10.4. The van der Waals surface area contributed by atoms with Gasteiger partial charge in [0, 0.05) is 23.7 Å². The van der Waals surface area contributed by atoms with Crippen molar-refractivity contribution >= 4 is 0 Å². The molecule has 0 amide bonds. The summed E-state index contributed by atoms with van der Waals surface area (Å²) in [6.45, 7) is 5.80. The van der Waals surface area contributed by atoms with Crippen LogP contribution in [0.1, 0.15) is 36.8 Å². The number of aryl methyl sites for hydroxylation is 1. The number of hydrogen-bond acceptors (Lipinski definition) is 4. The maximum atomic E-state index is 10.4. The first kappa shape index (κ1) is 13.5. The Morgan fingerprint density at radius 3 is 2.63 bits per heavy atom. The van der Waals surface area contributed by atoms with Crippen LogP contribution >= 0.6 is 0 Å². The van der Waals surface area contributed by atoms with Crippen LogP contribution < -0.4 is 4.74 Å². The van der Waals surface area contributed by atoms with Crippen molar-refractivity contribution in [1.29, 1.82) is 0 Å². The Morgan fingerprint density at radius 1 is 1.16 bits per heavy atom. The van der Waals surface area contributed by atoms with E-state index in [-0.39, 0.29) is 6.10 Å². The number of nitrogens with zero attached hydrogens (tertiary/aromatic N) is 2. The molecule has 100 valence electrons. The molecule has 19 heavy (non-hydrogen) atoms. The molecule has 0 saturated carbocycles. The van der Waals surface area contributed by atoms with Gasteiger partial charge in [0.05, 0.1) is 12.3 Å². The van der Waals surface area contributed by atoms with Crippen LogP contribution in [0, 0.1) is 6.92 Å². The van der Waals surface area contributed by atoms with Crippen molar-refractivity contribution in [3.8, 4) is 5.75 Å². The van der Waals surface area contributed by atoms with Crippen LogP contribution in [-0.4, -0.2) is 21.2 Å². The molecule has 2 heterocycles. The predicted molar refractivity (Wildman–Crippen MR) is 73.0 cm³/mol. The van der Waals surface area contributed by atoms with Gasteiger partial charge in [0.15, 0.2) is 0 Å². The lowest BCUT2D eigenvalue weighted by Gasteiger charge is -2.14. The molecule has 0 fully saturated rings. The summed E-state index contributed by atoms with van der Waals surface area (Å²) in [7, 11) is 0. The Bertz CT molecular complexity index is 555. The molecule has 1 atom stereocenters. The van der Waals surface area contributed by atoms with E-state index in [4.69, 9.17) is 4.74 Å². The lowest BCUT2D eigenvalue weighted by Crippen LogP contribution is -2.07.